The number of aryl methyl sites for hydroxylation is 2. The summed E-state index contributed by atoms with van der Waals surface area (Å²) >= 11 is 6.12. The van der Waals surface area contributed by atoms with Gasteiger partial charge in [0.1, 0.15) is 11.3 Å². The summed E-state index contributed by atoms with van der Waals surface area (Å²) in [6, 6.07) is 4.10. The molecule has 0 fully saturated rings. The van der Waals surface area contributed by atoms with Crippen LogP contribution in [-0.4, -0.2) is 19.3 Å². The molecule has 1 aromatic carbocycles. The average Bonchev–Trinajstić information content (AvgIpc) is 2.81. The quantitative estimate of drug-likeness (QED) is 0.744. The number of nitrogens with zero attached hydrogens (tertiary/aromatic N) is 4. The molecule has 0 aliphatic heterocycles. The third-order valence-electron chi connectivity index (χ3n) is 2.98. The first kappa shape index (κ1) is 12.0. The summed E-state index contributed by atoms with van der Waals surface area (Å²) in [6.45, 7) is 1.84. The molecule has 2 aromatic heterocycles. The van der Waals surface area contributed by atoms with E-state index in [1.54, 1.807) is 16.3 Å². The third-order valence-corrected chi connectivity index (χ3v) is 3.30. The van der Waals surface area contributed by atoms with Gasteiger partial charge in [-0.1, -0.05) is 11.6 Å². The lowest BCUT2D eigenvalue weighted by molar-refractivity contribution is 0.626. The zero-order chi connectivity index (χ0) is 13.7. The van der Waals surface area contributed by atoms with E-state index in [9.17, 15) is 4.39 Å². The predicted molar refractivity (Wildman–Crippen MR) is 72.0 cm³/mol. The first-order chi connectivity index (χ1) is 8.99. The zero-order valence-electron chi connectivity index (χ0n) is 10.4. The van der Waals surface area contributed by atoms with E-state index in [1.807, 2.05) is 6.92 Å². The van der Waals surface area contributed by atoms with Crippen LogP contribution < -0.4 is 5.73 Å². The summed E-state index contributed by atoms with van der Waals surface area (Å²) in [4.78, 5) is 4.26. The molecule has 5 nitrogen and oxygen atoms in total. The van der Waals surface area contributed by atoms with Crippen LogP contribution in [0.4, 0.5) is 10.3 Å². The first-order valence-electron chi connectivity index (χ1n) is 5.62. The summed E-state index contributed by atoms with van der Waals surface area (Å²) in [5.74, 6) is -0.141. The van der Waals surface area contributed by atoms with Gasteiger partial charge < -0.3 is 5.73 Å². The Balaban J connectivity index is 2.42. The Morgan fingerprint density at radius 2 is 2.11 bits per heavy atom. The molecule has 19 heavy (non-hydrogen) atoms. The summed E-state index contributed by atoms with van der Waals surface area (Å²) in [5.41, 5.74) is 8.49. The van der Waals surface area contributed by atoms with Crippen molar-refractivity contribution in [2.45, 2.75) is 6.92 Å². The highest BCUT2D eigenvalue weighted by Crippen LogP contribution is 2.29. The van der Waals surface area contributed by atoms with Crippen LogP contribution in [0.5, 0.6) is 0 Å². The van der Waals surface area contributed by atoms with Gasteiger partial charge in [0.25, 0.3) is 0 Å². The van der Waals surface area contributed by atoms with Crippen LogP contribution in [0.2, 0.25) is 5.02 Å². The first-order valence-corrected chi connectivity index (χ1v) is 6.00. The van der Waals surface area contributed by atoms with Crippen molar-refractivity contribution in [2.75, 3.05) is 5.73 Å². The third kappa shape index (κ3) is 1.67. The van der Waals surface area contributed by atoms with Crippen LogP contribution in [0.3, 0.4) is 0 Å². The summed E-state index contributed by atoms with van der Waals surface area (Å²) in [7, 11) is 1.78. The normalized spacial score (nSPS) is 11.4. The molecule has 0 amide bonds. The molecular formula is C12H11ClFN5. The highest BCUT2D eigenvalue weighted by molar-refractivity contribution is 6.32. The predicted octanol–water partition coefficient (Wildman–Crippen LogP) is 2.44. The lowest BCUT2D eigenvalue weighted by Crippen LogP contribution is -2.05. The van der Waals surface area contributed by atoms with Crippen molar-refractivity contribution < 1.29 is 4.39 Å². The SMILES string of the molecule is Cc1nn(C)c2c1nc(N)n2-c1cc(F)ccc1Cl. The lowest BCUT2D eigenvalue weighted by Gasteiger charge is -2.09. The highest BCUT2D eigenvalue weighted by atomic mass is 35.5. The van der Waals surface area contributed by atoms with Crippen LogP contribution in [0.1, 0.15) is 5.69 Å². The van der Waals surface area contributed by atoms with E-state index in [2.05, 4.69) is 10.1 Å². The van der Waals surface area contributed by atoms with Gasteiger partial charge in [-0.05, 0) is 25.1 Å². The number of hydrogen-bond acceptors (Lipinski definition) is 3. The minimum atomic E-state index is -0.389. The van der Waals surface area contributed by atoms with Crippen LogP contribution in [0, 0.1) is 12.7 Å². The largest absolute Gasteiger partial charge is 0.369 e. The molecule has 7 heteroatoms. The second-order valence-corrected chi connectivity index (χ2v) is 4.69. The Morgan fingerprint density at radius 3 is 2.84 bits per heavy atom. The fraction of sp³-hybridized carbons (Fsp3) is 0.167. The van der Waals surface area contributed by atoms with Crippen LogP contribution in [0.15, 0.2) is 18.2 Å². The smallest absolute Gasteiger partial charge is 0.207 e. The van der Waals surface area contributed by atoms with Gasteiger partial charge in [0.2, 0.25) is 5.95 Å². The second kappa shape index (κ2) is 3.96. The van der Waals surface area contributed by atoms with Crippen molar-refractivity contribution >= 4 is 28.7 Å². The fourth-order valence-electron chi connectivity index (χ4n) is 2.18. The number of benzene rings is 1. The van der Waals surface area contributed by atoms with Crippen molar-refractivity contribution in [1.29, 1.82) is 0 Å². The van der Waals surface area contributed by atoms with Crippen LogP contribution >= 0.6 is 11.6 Å². The van der Waals surface area contributed by atoms with E-state index in [1.165, 1.54) is 18.2 Å². The zero-order valence-corrected chi connectivity index (χ0v) is 11.1. The molecule has 3 aromatic rings. The second-order valence-electron chi connectivity index (χ2n) is 4.28. The van der Waals surface area contributed by atoms with Gasteiger partial charge in [-0.15, -0.1) is 0 Å². The van der Waals surface area contributed by atoms with E-state index >= 15 is 0 Å². The van der Waals surface area contributed by atoms with Gasteiger partial charge in [-0.25, -0.2) is 14.1 Å². The molecule has 0 unspecified atom stereocenters. The Kier molecular flexibility index (Phi) is 2.50. The molecule has 0 aliphatic rings. The Hall–Kier alpha value is -2.08. The number of anilines is 1. The van der Waals surface area contributed by atoms with E-state index in [4.69, 9.17) is 17.3 Å². The van der Waals surface area contributed by atoms with E-state index in [0.29, 0.717) is 21.9 Å². The van der Waals surface area contributed by atoms with Crippen molar-refractivity contribution in [3.05, 3.63) is 34.7 Å². The van der Waals surface area contributed by atoms with Crippen molar-refractivity contribution in [3.8, 4) is 5.69 Å². The molecule has 0 spiro atoms. The van der Waals surface area contributed by atoms with Crippen molar-refractivity contribution in [1.82, 2.24) is 19.3 Å². The highest BCUT2D eigenvalue weighted by Gasteiger charge is 2.18. The molecule has 0 bridgehead atoms. The number of aromatic nitrogens is 4. The van der Waals surface area contributed by atoms with Crippen molar-refractivity contribution in [2.24, 2.45) is 7.05 Å². The topological polar surface area (TPSA) is 61.7 Å². The summed E-state index contributed by atoms with van der Waals surface area (Å²) < 4.78 is 16.7. The maximum atomic E-state index is 13.4. The lowest BCUT2D eigenvalue weighted by atomic mass is 10.3. The monoisotopic (exact) mass is 279 g/mol. The minimum absolute atomic E-state index is 0.249. The molecular weight excluding hydrogens is 269 g/mol. The maximum absolute atomic E-state index is 13.4. The molecule has 3 rings (SSSR count). The number of halogens is 2. The maximum Gasteiger partial charge on any atom is 0.207 e. The van der Waals surface area contributed by atoms with Gasteiger partial charge in [0.05, 0.1) is 16.4 Å². The Bertz CT molecular complexity index is 789. The number of imidazole rings is 1. The number of hydrogen-bond donors (Lipinski definition) is 1. The molecule has 2 heterocycles. The van der Waals surface area contributed by atoms with E-state index in [-0.39, 0.29) is 11.8 Å². The molecule has 0 atom stereocenters. The number of nitrogen functional groups attached to an aromatic ring is 1. The van der Waals surface area contributed by atoms with Gasteiger partial charge >= 0.3 is 0 Å². The molecule has 0 saturated carbocycles. The molecule has 98 valence electrons. The molecule has 0 radical (unpaired) electrons. The Morgan fingerprint density at radius 1 is 1.37 bits per heavy atom. The van der Waals surface area contributed by atoms with Crippen LogP contribution in [-0.2, 0) is 7.05 Å². The minimum Gasteiger partial charge on any atom is -0.369 e. The standard InChI is InChI=1S/C12H11ClFN5/c1-6-10-11(18(2)17-6)19(12(15)16-10)9-5-7(14)3-4-8(9)13/h3-5H,1-2H3,(H2,15,16). The van der Waals surface area contributed by atoms with E-state index in [0.717, 1.165) is 5.69 Å². The summed E-state index contributed by atoms with van der Waals surface area (Å²) in [5, 5.41) is 4.67. The number of fused-ring (bicyclic) bond motifs is 1. The number of nitrogens with two attached hydrogens (primary N) is 1. The Labute approximate surface area is 113 Å². The summed E-state index contributed by atoms with van der Waals surface area (Å²) in [6.07, 6.45) is 0. The van der Waals surface area contributed by atoms with Gasteiger partial charge in [0.15, 0.2) is 5.65 Å². The van der Waals surface area contributed by atoms with Gasteiger partial charge in [0, 0.05) is 7.05 Å². The van der Waals surface area contributed by atoms with Gasteiger partial charge in [-0.2, -0.15) is 5.10 Å². The molecule has 0 saturated heterocycles. The number of rotatable bonds is 1. The molecule has 2 N–H and O–H groups in total. The van der Waals surface area contributed by atoms with E-state index < -0.39 is 0 Å². The van der Waals surface area contributed by atoms with Gasteiger partial charge in [-0.3, -0.25) is 4.57 Å². The average molecular weight is 280 g/mol. The fourth-order valence-corrected chi connectivity index (χ4v) is 2.39. The van der Waals surface area contributed by atoms with Crippen LogP contribution in [0.25, 0.3) is 16.9 Å². The molecule has 0 aliphatic carbocycles. The van der Waals surface area contributed by atoms with Crippen molar-refractivity contribution in [3.63, 3.8) is 0 Å².